The van der Waals surface area contributed by atoms with Crippen LogP contribution in [0, 0.1) is 5.82 Å². The average molecular weight is 318 g/mol. The fourth-order valence-electron chi connectivity index (χ4n) is 2.05. The van der Waals surface area contributed by atoms with E-state index in [-0.39, 0.29) is 16.3 Å². The lowest BCUT2D eigenvalue weighted by atomic mass is 10.0. The smallest absolute Gasteiger partial charge is 0.377 e. The molecule has 112 valence electrons. The van der Waals surface area contributed by atoms with Crippen molar-refractivity contribution in [3.8, 4) is 0 Å². The van der Waals surface area contributed by atoms with E-state index in [4.69, 9.17) is 11.6 Å². The molecular weight excluding hydrogens is 306 g/mol. The zero-order valence-corrected chi connectivity index (χ0v) is 11.8. The average Bonchev–Trinajstić information content (AvgIpc) is 2.42. The molecule has 0 saturated heterocycles. The molecule has 0 aliphatic carbocycles. The summed E-state index contributed by atoms with van der Waals surface area (Å²) in [7, 11) is 0. The lowest BCUT2D eigenvalue weighted by molar-refractivity contribution is -0.138. The summed E-state index contributed by atoms with van der Waals surface area (Å²) in [6, 6.07) is 8.25. The predicted molar refractivity (Wildman–Crippen MR) is 74.9 cm³/mol. The zero-order chi connectivity index (χ0) is 15.6. The highest BCUT2D eigenvalue weighted by molar-refractivity contribution is 6.33. The second-order valence-corrected chi connectivity index (χ2v) is 4.98. The Morgan fingerprint density at radius 3 is 2.43 bits per heavy atom. The van der Waals surface area contributed by atoms with E-state index < -0.39 is 23.6 Å². The summed E-state index contributed by atoms with van der Waals surface area (Å²) in [4.78, 5) is 0. The molecule has 0 aliphatic rings. The number of halogens is 5. The minimum Gasteiger partial charge on any atom is -0.377 e. The molecule has 1 N–H and O–H groups in total. The van der Waals surface area contributed by atoms with Crippen LogP contribution in [0.5, 0.6) is 0 Å². The Balaban J connectivity index is 2.33. The lowest BCUT2D eigenvalue weighted by Gasteiger charge is -2.21. The van der Waals surface area contributed by atoms with Gasteiger partial charge in [-0.1, -0.05) is 29.8 Å². The first kappa shape index (κ1) is 15.6. The van der Waals surface area contributed by atoms with Gasteiger partial charge in [0.15, 0.2) is 0 Å². The van der Waals surface area contributed by atoms with Crippen molar-refractivity contribution in [3.63, 3.8) is 0 Å². The van der Waals surface area contributed by atoms with E-state index >= 15 is 0 Å². The van der Waals surface area contributed by atoms with Gasteiger partial charge in [-0.05, 0) is 36.8 Å². The van der Waals surface area contributed by atoms with Crippen LogP contribution < -0.4 is 5.32 Å². The first-order valence-corrected chi connectivity index (χ1v) is 6.54. The first-order valence-electron chi connectivity index (χ1n) is 6.16. The number of alkyl halides is 3. The summed E-state index contributed by atoms with van der Waals surface area (Å²) in [5, 5.41) is 3.05. The van der Waals surface area contributed by atoms with Crippen molar-refractivity contribution < 1.29 is 17.6 Å². The number of benzene rings is 2. The topological polar surface area (TPSA) is 12.0 Å². The molecule has 2 aromatic carbocycles. The standard InChI is InChI=1S/C15H12ClF4N/c1-9(21-14-8-10(17)6-7-13(14)16)11-4-2-3-5-12(11)15(18,19)20/h2-9,21H,1H3. The molecule has 1 nitrogen and oxygen atoms in total. The summed E-state index contributed by atoms with van der Waals surface area (Å²) < 4.78 is 52.1. The van der Waals surface area contributed by atoms with Crippen molar-refractivity contribution in [2.75, 3.05) is 5.32 Å². The van der Waals surface area contributed by atoms with Gasteiger partial charge < -0.3 is 5.32 Å². The second kappa shape index (κ2) is 5.93. The van der Waals surface area contributed by atoms with Gasteiger partial charge in [0.25, 0.3) is 0 Å². The SMILES string of the molecule is CC(Nc1cc(F)ccc1Cl)c1ccccc1C(F)(F)F. The van der Waals surface area contributed by atoms with Crippen molar-refractivity contribution in [3.05, 3.63) is 64.4 Å². The molecule has 0 aromatic heterocycles. The van der Waals surface area contributed by atoms with Crippen LogP contribution in [-0.2, 0) is 6.18 Å². The van der Waals surface area contributed by atoms with Gasteiger partial charge in [-0.3, -0.25) is 0 Å². The lowest BCUT2D eigenvalue weighted by Crippen LogP contribution is -2.15. The molecule has 2 rings (SSSR count). The van der Waals surface area contributed by atoms with Gasteiger partial charge in [0, 0.05) is 6.04 Å². The van der Waals surface area contributed by atoms with Gasteiger partial charge in [0.05, 0.1) is 16.3 Å². The van der Waals surface area contributed by atoms with E-state index in [1.807, 2.05) is 0 Å². The first-order chi connectivity index (χ1) is 9.79. The van der Waals surface area contributed by atoms with Gasteiger partial charge in [-0.25, -0.2) is 4.39 Å². The monoisotopic (exact) mass is 317 g/mol. The maximum absolute atomic E-state index is 13.2. The Morgan fingerprint density at radius 1 is 1.10 bits per heavy atom. The van der Waals surface area contributed by atoms with Crippen LogP contribution in [-0.4, -0.2) is 0 Å². The minimum atomic E-state index is -4.45. The molecule has 1 atom stereocenters. The maximum atomic E-state index is 13.2. The summed E-state index contributed by atoms with van der Waals surface area (Å²) in [5.74, 6) is -0.516. The molecule has 0 amide bonds. The zero-order valence-electron chi connectivity index (χ0n) is 11.0. The molecule has 0 aliphatic heterocycles. The minimum absolute atomic E-state index is 0.0744. The summed E-state index contributed by atoms with van der Waals surface area (Å²) in [6.07, 6.45) is -4.45. The summed E-state index contributed by atoms with van der Waals surface area (Å²) in [5.41, 5.74) is -0.399. The predicted octanol–water partition coefficient (Wildman–Crippen LogP) is 5.67. The normalized spacial score (nSPS) is 13.0. The van der Waals surface area contributed by atoms with Crippen molar-refractivity contribution in [2.24, 2.45) is 0 Å². The quantitative estimate of drug-likeness (QED) is 0.719. The van der Waals surface area contributed by atoms with E-state index in [2.05, 4.69) is 5.32 Å². The van der Waals surface area contributed by atoms with Gasteiger partial charge in [0.1, 0.15) is 5.82 Å². The fraction of sp³-hybridized carbons (Fsp3) is 0.200. The largest absolute Gasteiger partial charge is 0.416 e. The van der Waals surface area contributed by atoms with Crippen LogP contribution >= 0.6 is 11.6 Å². The highest BCUT2D eigenvalue weighted by Gasteiger charge is 2.34. The molecule has 2 aromatic rings. The Bertz CT molecular complexity index is 640. The van der Waals surface area contributed by atoms with Gasteiger partial charge in [0.2, 0.25) is 0 Å². The third-order valence-electron chi connectivity index (χ3n) is 3.03. The van der Waals surface area contributed by atoms with Crippen LogP contribution in [0.1, 0.15) is 24.1 Å². The van der Waals surface area contributed by atoms with Gasteiger partial charge in [-0.15, -0.1) is 0 Å². The number of hydrogen-bond donors (Lipinski definition) is 1. The Hall–Kier alpha value is -1.75. The molecule has 6 heteroatoms. The van der Waals surface area contributed by atoms with E-state index in [0.29, 0.717) is 0 Å². The van der Waals surface area contributed by atoms with Crippen LogP contribution in [0.25, 0.3) is 0 Å². The fourth-order valence-corrected chi connectivity index (χ4v) is 2.22. The number of rotatable bonds is 3. The van der Waals surface area contributed by atoms with Crippen molar-refractivity contribution >= 4 is 17.3 Å². The van der Waals surface area contributed by atoms with E-state index in [1.54, 1.807) is 6.92 Å². The van der Waals surface area contributed by atoms with Crippen molar-refractivity contribution in [1.29, 1.82) is 0 Å². The third-order valence-corrected chi connectivity index (χ3v) is 3.36. The van der Waals surface area contributed by atoms with E-state index in [1.165, 1.54) is 30.3 Å². The Kier molecular flexibility index (Phi) is 4.42. The van der Waals surface area contributed by atoms with Crippen LogP contribution in [0.3, 0.4) is 0 Å². The van der Waals surface area contributed by atoms with Crippen LogP contribution in [0.2, 0.25) is 5.02 Å². The number of nitrogens with one attached hydrogen (secondary N) is 1. The summed E-state index contributed by atoms with van der Waals surface area (Å²) >= 11 is 5.91. The Morgan fingerprint density at radius 2 is 1.76 bits per heavy atom. The number of hydrogen-bond acceptors (Lipinski definition) is 1. The molecule has 21 heavy (non-hydrogen) atoms. The molecule has 0 saturated carbocycles. The second-order valence-electron chi connectivity index (χ2n) is 4.58. The molecular formula is C15H12ClF4N. The molecule has 1 unspecified atom stereocenters. The molecule has 0 spiro atoms. The highest BCUT2D eigenvalue weighted by atomic mass is 35.5. The summed E-state index contributed by atoms with van der Waals surface area (Å²) in [6.45, 7) is 1.56. The molecule has 0 bridgehead atoms. The van der Waals surface area contributed by atoms with E-state index in [0.717, 1.165) is 12.1 Å². The van der Waals surface area contributed by atoms with Crippen LogP contribution in [0.4, 0.5) is 23.2 Å². The van der Waals surface area contributed by atoms with Gasteiger partial charge >= 0.3 is 6.18 Å². The van der Waals surface area contributed by atoms with Crippen molar-refractivity contribution in [1.82, 2.24) is 0 Å². The van der Waals surface area contributed by atoms with Crippen molar-refractivity contribution in [2.45, 2.75) is 19.1 Å². The molecule has 0 radical (unpaired) electrons. The third kappa shape index (κ3) is 3.67. The van der Waals surface area contributed by atoms with Gasteiger partial charge in [-0.2, -0.15) is 13.2 Å². The van der Waals surface area contributed by atoms with E-state index in [9.17, 15) is 17.6 Å². The number of anilines is 1. The van der Waals surface area contributed by atoms with Crippen LogP contribution in [0.15, 0.2) is 42.5 Å². The highest BCUT2D eigenvalue weighted by Crippen LogP contribution is 2.36. The maximum Gasteiger partial charge on any atom is 0.416 e. The Labute approximate surface area is 124 Å². The molecule has 0 fully saturated rings. The molecule has 0 heterocycles.